The van der Waals surface area contributed by atoms with Crippen LogP contribution >= 0.6 is 0 Å². The lowest BCUT2D eigenvalue weighted by molar-refractivity contribution is -0.147. The molecule has 0 bridgehead atoms. The van der Waals surface area contributed by atoms with Gasteiger partial charge in [-0.3, -0.25) is 9.78 Å². The van der Waals surface area contributed by atoms with Crippen LogP contribution in [0.4, 0.5) is 0 Å². The van der Waals surface area contributed by atoms with Gasteiger partial charge in [0.05, 0.1) is 0 Å². The second-order valence-corrected chi connectivity index (χ2v) is 6.60. The van der Waals surface area contributed by atoms with Gasteiger partial charge in [-0.25, -0.2) is 0 Å². The molecule has 4 heteroatoms. The van der Waals surface area contributed by atoms with Crippen molar-refractivity contribution >= 4 is 16.9 Å². The lowest BCUT2D eigenvalue weighted by atomic mass is 10.0. The number of hydrogen-bond acceptors (Lipinski definition) is 4. The Morgan fingerprint density at radius 2 is 1.85 bits per heavy atom. The summed E-state index contributed by atoms with van der Waals surface area (Å²) in [6.07, 6.45) is 4.53. The summed E-state index contributed by atoms with van der Waals surface area (Å²) in [5, 5.41) is 1.06. The molecule has 0 saturated heterocycles. The largest absolute Gasteiger partial charge is 0.487 e. The second kappa shape index (κ2) is 9.17. The molecule has 1 aromatic heterocycles. The van der Waals surface area contributed by atoms with Crippen molar-refractivity contribution in [2.24, 2.45) is 0 Å². The van der Waals surface area contributed by atoms with Crippen molar-refractivity contribution in [3.8, 4) is 5.75 Å². The van der Waals surface area contributed by atoms with E-state index >= 15 is 0 Å². The number of carbonyl (C=O) groups excluding carboxylic acids is 1. The number of rotatable bonds is 8. The van der Waals surface area contributed by atoms with E-state index in [0.717, 1.165) is 47.0 Å². The molecule has 0 amide bonds. The van der Waals surface area contributed by atoms with Crippen LogP contribution in [0.2, 0.25) is 0 Å². The minimum absolute atomic E-state index is 0.181. The fourth-order valence-corrected chi connectivity index (χ4v) is 3.07. The second-order valence-electron chi connectivity index (χ2n) is 6.60. The number of para-hydroxylation sites is 1. The number of esters is 1. The van der Waals surface area contributed by atoms with Gasteiger partial charge < -0.3 is 9.47 Å². The van der Waals surface area contributed by atoms with Crippen molar-refractivity contribution in [3.63, 3.8) is 0 Å². The van der Waals surface area contributed by atoms with Crippen molar-refractivity contribution < 1.29 is 14.3 Å². The number of pyridine rings is 1. The topological polar surface area (TPSA) is 48.4 Å². The predicted molar refractivity (Wildman–Crippen MR) is 107 cm³/mol. The molecular weight excluding hydrogens is 338 g/mol. The molecule has 3 aromatic rings. The third-order valence-corrected chi connectivity index (χ3v) is 4.47. The van der Waals surface area contributed by atoms with E-state index in [0.29, 0.717) is 6.61 Å². The summed E-state index contributed by atoms with van der Waals surface area (Å²) < 4.78 is 11.5. The smallest absolute Gasteiger partial charge is 0.303 e. The van der Waals surface area contributed by atoms with Gasteiger partial charge in [-0.15, -0.1) is 0 Å². The van der Waals surface area contributed by atoms with Gasteiger partial charge in [0.15, 0.2) is 0 Å². The van der Waals surface area contributed by atoms with Crippen molar-refractivity contribution in [2.45, 2.75) is 45.8 Å². The molecule has 1 heterocycles. The average molecular weight is 363 g/mol. The molecule has 0 N–H and O–H groups in total. The fraction of sp³-hybridized carbons (Fsp3) is 0.304. The molecule has 1 unspecified atom stereocenters. The lowest BCUT2D eigenvalue weighted by Crippen LogP contribution is -2.09. The first kappa shape index (κ1) is 18.9. The van der Waals surface area contributed by atoms with E-state index in [2.05, 4.69) is 11.9 Å². The van der Waals surface area contributed by atoms with E-state index < -0.39 is 0 Å². The zero-order valence-corrected chi connectivity index (χ0v) is 15.9. The third-order valence-electron chi connectivity index (χ3n) is 4.47. The summed E-state index contributed by atoms with van der Waals surface area (Å²) in [5.74, 6) is 0.532. The number of benzene rings is 2. The zero-order valence-electron chi connectivity index (χ0n) is 15.9. The number of unbranched alkanes of at least 4 members (excludes halogenated alkanes) is 1. The average Bonchev–Trinajstić information content (AvgIpc) is 2.69. The molecule has 0 aliphatic carbocycles. The van der Waals surface area contributed by atoms with Gasteiger partial charge in [0.1, 0.15) is 24.0 Å². The normalized spacial score (nSPS) is 11.9. The maximum atomic E-state index is 11.4. The number of fused-ring (bicyclic) bond motifs is 1. The van der Waals surface area contributed by atoms with Crippen molar-refractivity contribution in [1.29, 1.82) is 0 Å². The van der Waals surface area contributed by atoms with Gasteiger partial charge in [-0.2, -0.15) is 0 Å². The Balaban J connectivity index is 1.68. The van der Waals surface area contributed by atoms with Crippen LogP contribution in [0.5, 0.6) is 5.75 Å². The molecule has 0 saturated carbocycles. The first-order valence-electron chi connectivity index (χ1n) is 9.40. The van der Waals surface area contributed by atoms with E-state index in [1.807, 2.05) is 54.6 Å². The quantitative estimate of drug-likeness (QED) is 0.488. The summed E-state index contributed by atoms with van der Waals surface area (Å²) >= 11 is 0. The van der Waals surface area contributed by atoms with Crippen LogP contribution in [-0.4, -0.2) is 11.0 Å². The minimum Gasteiger partial charge on any atom is -0.487 e. The van der Waals surface area contributed by atoms with Crippen molar-refractivity contribution in [2.75, 3.05) is 0 Å². The lowest BCUT2D eigenvalue weighted by Gasteiger charge is -2.17. The van der Waals surface area contributed by atoms with Gasteiger partial charge >= 0.3 is 5.97 Å². The number of carbonyl (C=O) groups is 1. The van der Waals surface area contributed by atoms with Crippen LogP contribution in [-0.2, 0) is 16.1 Å². The molecule has 140 valence electrons. The van der Waals surface area contributed by atoms with Gasteiger partial charge in [-0.1, -0.05) is 55.8 Å². The predicted octanol–water partition coefficient (Wildman–Crippen LogP) is 5.61. The highest BCUT2D eigenvalue weighted by Crippen LogP contribution is 2.26. The highest BCUT2D eigenvalue weighted by atomic mass is 16.5. The highest BCUT2D eigenvalue weighted by Gasteiger charge is 2.14. The van der Waals surface area contributed by atoms with Gasteiger partial charge in [0.2, 0.25) is 0 Å². The zero-order chi connectivity index (χ0) is 19.1. The van der Waals surface area contributed by atoms with Crippen LogP contribution < -0.4 is 4.74 Å². The number of nitrogens with zero attached hydrogens (tertiary/aromatic N) is 1. The van der Waals surface area contributed by atoms with Crippen LogP contribution in [0.15, 0.2) is 60.8 Å². The standard InChI is InChI=1S/C23H25NO3/c1-3-4-9-21(27-17(2)25)19-13-11-18(12-14-19)16-26-22-10-5-7-20-8-6-15-24-23(20)22/h5-8,10-15,21H,3-4,9,16H2,1-2H3. The van der Waals surface area contributed by atoms with Crippen LogP contribution in [0.3, 0.4) is 0 Å². The van der Waals surface area contributed by atoms with E-state index in [9.17, 15) is 4.79 Å². The maximum Gasteiger partial charge on any atom is 0.303 e. The first-order valence-corrected chi connectivity index (χ1v) is 9.40. The molecule has 1 atom stereocenters. The van der Waals surface area contributed by atoms with Crippen LogP contribution in [0, 0.1) is 0 Å². The molecule has 0 aliphatic rings. The molecule has 0 spiro atoms. The van der Waals surface area contributed by atoms with E-state index in [1.165, 1.54) is 6.92 Å². The Morgan fingerprint density at radius 3 is 2.59 bits per heavy atom. The molecular formula is C23H25NO3. The highest BCUT2D eigenvalue weighted by molar-refractivity contribution is 5.84. The first-order chi connectivity index (χ1) is 13.2. The number of hydrogen-bond donors (Lipinski definition) is 0. The molecule has 4 nitrogen and oxygen atoms in total. The minimum atomic E-state index is -0.244. The monoisotopic (exact) mass is 363 g/mol. The Hall–Kier alpha value is -2.88. The van der Waals surface area contributed by atoms with E-state index in [-0.39, 0.29) is 12.1 Å². The number of aromatic nitrogens is 1. The Bertz CT molecular complexity index is 884. The molecule has 3 rings (SSSR count). The SMILES string of the molecule is CCCCC(OC(C)=O)c1ccc(COc2cccc3cccnc23)cc1. The van der Waals surface area contributed by atoms with Crippen molar-refractivity contribution in [3.05, 3.63) is 71.9 Å². The van der Waals surface area contributed by atoms with Crippen LogP contribution in [0.25, 0.3) is 10.9 Å². The Morgan fingerprint density at radius 1 is 1.07 bits per heavy atom. The van der Waals surface area contributed by atoms with Gasteiger partial charge in [0, 0.05) is 18.5 Å². The van der Waals surface area contributed by atoms with Gasteiger partial charge in [0.25, 0.3) is 0 Å². The fourth-order valence-electron chi connectivity index (χ4n) is 3.07. The summed E-state index contributed by atoms with van der Waals surface area (Å²) in [5.41, 5.74) is 2.95. The Labute approximate surface area is 160 Å². The van der Waals surface area contributed by atoms with Gasteiger partial charge in [-0.05, 0) is 36.1 Å². The number of ether oxygens (including phenoxy) is 2. The van der Waals surface area contributed by atoms with E-state index in [1.54, 1.807) is 6.20 Å². The summed E-state index contributed by atoms with van der Waals surface area (Å²) in [4.78, 5) is 15.8. The van der Waals surface area contributed by atoms with Crippen molar-refractivity contribution in [1.82, 2.24) is 4.98 Å². The van der Waals surface area contributed by atoms with E-state index in [4.69, 9.17) is 9.47 Å². The summed E-state index contributed by atoms with van der Waals surface area (Å²) in [6, 6.07) is 18.0. The Kier molecular flexibility index (Phi) is 6.42. The maximum absolute atomic E-state index is 11.4. The summed E-state index contributed by atoms with van der Waals surface area (Å²) in [7, 11) is 0. The van der Waals surface area contributed by atoms with Crippen LogP contribution in [0.1, 0.15) is 50.3 Å². The molecule has 2 aromatic carbocycles. The summed E-state index contributed by atoms with van der Waals surface area (Å²) in [6.45, 7) is 4.05. The third kappa shape index (κ3) is 5.07. The molecule has 0 radical (unpaired) electrons. The molecule has 0 aliphatic heterocycles. The molecule has 0 fully saturated rings. The molecule has 27 heavy (non-hydrogen) atoms.